The van der Waals surface area contributed by atoms with Gasteiger partial charge < -0.3 is 19.7 Å². The zero-order valence-electron chi connectivity index (χ0n) is 12.2. The van der Waals surface area contributed by atoms with Gasteiger partial charge in [0.25, 0.3) is 5.56 Å². The van der Waals surface area contributed by atoms with Crippen LogP contribution in [0, 0.1) is 0 Å². The first kappa shape index (κ1) is 17.2. The molecule has 0 aliphatic rings. The van der Waals surface area contributed by atoms with E-state index in [2.05, 4.69) is 21.2 Å². The number of carbonyl (C=O) groups excluding carboxylic acids is 1. The van der Waals surface area contributed by atoms with Gasteiger partial charge in [0, 0.05) is 17.2 Å². The highest BCUT2D eigenvalue weighted by atomic mass is 79.9. The van der Waals surface area contributed by atoms with E-state index in [0.29, 0.717) is 5.69 Å². The van der Waals surface area contributed by atoms with Crippen LogP contribution in [0.5, 0.6) is 0 Å². The lowest BCUT2D eigenvalue weighted by Crippen LogP contribution is -2.34. The summed E-state index contributed by atoms with van der Waals surface area (Å²) in [5.41, 5.74) is -1.18. The number of aromatic nitrogens is 1. The number of carboxylic acid groups (broad SMARTS) is 1. The highest BCUT2D eigenvalue weighted by molar-refractivity contribution is 9.10. The van der Waals surface area contributed by atoms with Crippen LogP contribution in [0.1, 0.15) is 36.8 Å². The lowest BCUT2D eigenvalue weighted by atomic mass is 10.2. The number of halogens is 1. The number of hydrogen-bond donors (Lipinski definition) is 2. The number of pyridine rings is 1. The van der Waals surface area contributed by atoms with Gasteiger partial charge in [-0.3, -0.25) is 4.79 Å². The van der Waals surface area contributed by atoms with E-state index in [-0.39, 0.29) is 16.6 Å². The molecule has 2 N–H and O–H groups in total. The maximum atomic E-state index is 11.9. The summed E-state index contributed by atoms with van der Waals surface area (Å²) in [6.07, 6.45) is -0.617. The highest BCUT2D eigenvalue weighted by Gasteiger charge is 2.19. The van der Waals surface area contributed by atoms with E-state index in [1.165, 1.54) is 17.7 Å². The topological polar surface area (TPSA) is 97.6 Å². The van der Waals surface area contributed by atoms with Gasteiger partial charge in [-0.15, -0.1) is 0 Å². The van der Waals surface area contributed by atoms with Crippen LogP contribution in [0.4, 0.5) is 4.79 Å². The maximum absolute atomic E-state index is 11.9. The summed E-state index contributed by atoms with van der Waals surface area (Å²) in [4.78, 5) is 34.5. The number of rotatable bonds is 3. The van der Waals surface area contributed by atoms with Crippen LogP contribution >= 0.6 is 15.9 Å². The molecule has 0 saturated carbocycles. The van der Waals surface area contributed by atoms with Crippen molar-refractivity contribution in [3.63, 3.8) is 0 Å². The van der Waals surface area contributed by atoms with Crippen LogP contribution in [0.3, 0.4) is 0 Å². The summed E-state index contributed by atoms with van der Waals surface area (Å²) in [6.45, 7) is 5.25. The van der Waals surface area contributed by atoms with Gasteiger partial charge in [-0.1, -0.05) is 0 Å². The van der Waals surface area contributed by atoms with Crippen molar-refractivity contribution in [3.8, 4) is 0 Å². The lowest BCUT2D eigenvalue weighted by molar-refractivity contribution is 0.0521. The minimum absolute atomic E-state index is 0.0408. The van der Waals surface area contributed by atoms with Crippen LogP contribution in [-0.4, -0.2) is 27.3 Å². The lowest BCUT2D eigenvalue weighted by Gasteiger charge is -2.20. The van der Waals surface area contributed by atoms with E-state index in [1.807, 2.05) is 0 Å². The minimum atomic E-state index is -1.31. The predicted molar refractivity (Wildman–Crippen MR) is 79.4 cm³/mol. The zero-order chi connectivity index (χ0) is 16.4. The Morgan fingerprint density at radius 2 is 2.00 bits per heavy atom. The van der Waals surface area contributed by atoms with Crippen molar-refractivity contribution in [2.24, 2.45) is 7.05 Å². The molecule has 0 fully saturated rings. The molecule has 7 nitrogen and oxygen atoms in total. The Hall–Kier alpha value is -1.83. The molecule has 0 radical (unpaired) electrons. The van der Waals surface area contributed by atoms with Gasteiger partial charge in [0.05, 0.1) is 6.54 Å². The Bertz CT molecular complexity index is 631. The normalized spacial score (nSPS) is 11.1. The average Bonchev–Trinajstić information content (AvgIpc) is 2.29. The third-order valence-corrected chi connectivity index (χ3v) is 3.13. The van der Waals surface area contributed by atoms with Crippen molar-refractivity contribution in [1.82, 2.24) is 9.88 Å². The first-order valence-corrected chi connectivity index (χ1v) is 6.91. The standard InChI is InChI=1S/C13H17BrN2O5/c1-13(2,3)21-12(20)15-6-7-5-8(14)9(11(18)19)10(17)16(7)4/h5H,6H2,1-4H3,(H,15,20)(H,18,19). The number of hydrogen-bond acceptors (Lipinski definition) is 4. The zero-order valence-corrected chi connectivity index (χ0v) is 13.8. The summed E-state index contributed by atoms with van der Waals surface area (Å²) in [5.74, 6) is -1.31. The summed E-state index contributed by atoms with van der Waals surface area (Å²) in [5, 5.41) is 11.5. The molecule has 21 heavy (non-hydrogen) atoms. The van der Waals surface area contributed by atoms with E-state index in [1.54, 1.807) is 20.8 Å². The van der Waals surface area contributed by atoms with E-state index >= 15 is 0 Å². The quantitative estimate of drug-likeness (QED) is 0.857. The molecule has 1 amide bonds. The highest BCUT2D eigenvalue weighted by Crippen LogP contribution is 2.15. The van der Waals surface area contributed by atoms with Crippen molar-refractivity contribution in [2.45, 2.75) is 32.9 Å². The molecule has 0 aliphatic heterocycles. The molecule has 1 rings (SSSR count). The fraction of sp³-hybridized carbons (Fsp3) is 0.462. The number of nitrogens with one attached hydrogen (secondary N) is 1. The molecule has 0 aliphatic carbocycles. The Morgan fingerprint density at radius 3 is 2.48 bits per heavy atom. The fourth-order valence-electron chi connectivity index (χ4n) is 1.56. The Kier molecular flexibility index (Phi) is 5.16. The van der Waals surface area contributed by atoms with E-state index in [0.717, 1.165) is 0 Å². The maximum Gasteiger partial charge on any atom is 0.407 e. The molecule has 8 heteroatoms. The van der Waals surface area contributed by atoms with Gasteiger partial charge >= 0.3 is 12.1 Å². The first-order valence-electron chi connectivity index (χ1n) is 6.11. The first-order chi connectivity index (χ1) is 9.53. The third-order valence-electron chi connectivity index (χ3n) is 2.51. The second-order valence-electron chi connectivity index (χ2n) is 5.38. The third kappa shape index (κ3) is 4.59. The number of ether oxygens (including phenoxy) is 1. The predicted octanol–water partition coefficient (Wildman–Crippen LogP) is 1.87. The molecule has 1 aromatic rings. The Labute approximate surface area is 130 Å². The molecule has 1 aromatic heterocycles. The molecular weight excluding hydrogens is 344 g/mol. The van der Waals surface area contributed by atoms with Gasteiger partial charge in [-0.05, 0) is 42.8 Å². The molecule has 0 atom stereocenters. The van der Waals surface area contributed by atoms with Crippen LogP contribution in [0.25, 0.3) is 0 Å². The van der Waals surface area contributed by atoms with Crippen LogP contribution in [-0.2, 0) is 18.3 Å². The summed E-state index contributed by atoms with van der Waals surface area (Å²) in [6, 6.07) is 1.47. The van der Waals surface area contributed by atoms with Crippen molar-refractivity contribution in [2.75, 3.05) is 0 Å². The van der Waals surface area contributed by atoms with Gasteiger partial charge in [0.2, 0.25) is 0 Å². The number of aromatic carboxylic acids is 1. The van der Waals surface area contributed by atoms with E-state index < -0.39 is 23.2 Å². The molecule has 1 heterocycles. The minimum Gasteiger partial charge on any atom is -0.477 e. The number of alkyl carbamates (subject to hydrolysis) is 1. The van der Waals surface area contributed by atoms with Gasteiger partial charge in [-0.2, -0.15) is 0 Å². The second kappa shape index (κ2) is 6.30. The molecule has 116 valence electrons. The van der Waals surface area contributed by atoms with Crippen molar-refractivity contribution >= 4 is 28.0 Å². The monoisotopic (exact) mass is 360 g/mol. The molecule has 0 saturated heterocycles. The van der Waals surface area contributed by atoms with Gasteiger partial charge in [0.1, 0.15) is 11.2 Å². The van der Waals surface area contributed by atoms with Gasteiger partial charge in [-0.25, -0.2) is 9.59 Å². The Balaban J connectivity index is 2.94. The Morgan fingerprint density at radius 1 is 1.43 bits per heavy atom. The van der Waals surface area contributed by atoms with E-state index in [4.69, 9.17) is 9.84 Å². The summed E-state index contributed by atoms with van der Waals surface area (Å²) in [7, 11) is 1.44. The van der Waals surface area contributed by atoms with Crippen molar-refractivity contribution in [3.05, 3.63) is 32.2 Å². The summed E-state index contributed by atoms with van der Waals surface area (Å²) < 4.78 is 6.42. The van der Waals surface area contributed by atoms with Gasteiger partial charge in [0.15, 0.2) is 0 Å². The van der Waals surface area contributed by atoms with Crippen LogP contribution < -0.4 is 10.9 Å². The number of carboxylic acids is 1. The smallest absolute Gasteiger partial charge is 0.407 e. The van der Waals surface area contributed by atoms with Crippen LogP contribution in [0.15, 0.2) is 15.3 Å². The fourth-order valence-corrected chi connectivity index (χ4v) is 2.16. The molecule has 0 unspecified atom stereocenters. The van der Waals surface area contributed by atoms with E-state index in [9.17, 15) is 14.4 Å². The SMILES string of the molecule is Cn1c(CNC(=O)OC(C)(C)C)cc(Br)c(C(=O)O)c1=O. The molecular formula is C13H17BrN2O5. The number of carbonyl (C=O) groups is 2. The number of nitrogens with zero attached hydrogens (tertiary/aromatic N) is 1. The summed E-state index contributed by atoms with van der Waals surface area (Å²) >= 11 is 3.05. The molecule has 0 bridgehead atoms. The van der Waals surface area contributed by atoms with Crippen molar-refractivity contribution < 1.29 is 19.4 Å². The number of amides is 1. The molecule has 0 spiro atoms. The molecule has 0 aromatic carbocycles. The van der Waals surface area contributed by atoms with Crippen LogP contribution in [0.2, 0.25) is 0 Å². The van der Waals surface area contributed by atoms with Crippen molar-refractivity contribution in [1.29, 1.82) is 0 Å². The second-order valence-corrected chi connectivity index (χ2v) is 6.24. The largest absolute Gasteiger partial charge is 0.477 e. The average molecular weight is 361 g/mol.